The standard InChI is InChI=1S/C17H26O4/c1-4-21-17(18)13-15-12-14(9-10-16(15)20-3)8-6-5-7-11-19-2/h9-10,12H,4-8,11,13H2,1-3H3. The molecule has 0 aromatic heterocycles. The Bertz CT molecular complexity index is 429. The van der Waals surface area contributed by atoms with E-state index in [1.807, 2.05) is 19.1 Å². The first-order chi connectivity index (χ1) is 10.2. The number of benzene rings is 1. The van der Waals surface area contributed by atoms with E-state index in [4.69, 9.17) is 14.2 Å². The third kappa shape index (κ3) is 6.63. The molecule has 1 rings (SSSR count). The van der Waals surface area contributed by atoms with Gasteiger partial charge in [-0.3, -0.25) is 4.79 Å². The summed E-state index contributed by atoms with van der Waals surface area (Å²) >= 11 is 0. The molecule has 0 saturated heterocycles. The molecule has 4 nitrogen and oxygen atoms in total. The van der Waals surface area contributed by atoms with Gasteiger partial charge in [0, 0.05) is 19.3 Å². The maximum atomic E-state index is 11.6. The monoisotopic (exact) mass is 294 g/mol. The molecule has 0 atom stereocenters. The van der Waals surface area contributed by atoms with Crippen LogP contribution in [-0.4, -0.2) is 33.4 Å². The lowest BCUT2D eigenvalue weighted by Gasteiger charge is -2.10. The van der Waals surface area contributed by atoms with Gasteiger partial charge in [0.15, 0.2) is 0 Å². The summed E-state index contributed by atoms with van der Waals surface area (Å²) in [7, 11) is 3.35. The van der Waals surface area contributed by atoms with Gasteiger partial charge in [-0.15, -0.1) is 0 Å². The second-order valence-electron chi connectivity index (χ2n) is 4.93. The number of rotatable bonds is 10. The number of ether oxygens (including phenoxy) is 3. The lowest BCUT2D eigenvalue weighted by Crippen LogP contribution is -2.09. The maximum absolute atomic E-state index is 11.6. The molecule has 1 aromatic rings. The topological polar surface area (TPSA) is 44.8 Å². The molecule has 1 aromatic carbocycles. The summed E-state index contributed by atoms with van der Waals surface area (Å²) in [6.07, 6.45) is 4.61. The van der Waals surface area contributed by atoms with Crippen molar-refractivity contribution >= 4 is 5.97 Å². The van der Waals surface area contributed by atoms with Gasteiger partial charge in [0.1, 0.15) is 5.75 Å². The lowest BCUT2D eigenvalue weighted by atomic mass is 10.0. The Balaban J connectivity index is 2.59. The Kier molecular flexibility index (Phi) is 8.51. The Labute approximate surface area is 127 Å². The average molecular weight is 294 g/mol. The summed E-state index contributed by atoms with van der Waals surface area (Å²) < 4.78 is 15.4. The van der Waals surface area contributed by atoms with Crippen LogP contribution in [0.5, 0.6) is 5.75 Å². The number of unbranched alkanes of at least 4 members (excludes halogenated alkanes) is 2. The fourth-order valence-corrected chi connectivity index (χ4v) is 2.25. The van der Waals surface area contributed by atoms with Crippen molar-refractivity contribution in [2.75, 3.05) is 27.4 Å². The summed E-state index contributed by atoms with van der Waals surface area (Å²) in [4.78, 5) is 11.6. The highest BCUT2D eigenvalue weighted by Gasteiger charge is 2.10. The highest BCUT2D eigenvalue weighted by Crippen LogP contribution is 2.22. The minimum absolute atomic E-state index is 0.215. The maximum Gasteiger partial charge on any atom is 0.310 e. The van der Waals surface area contributed by atoms with Gasteiger partial charge >= 0.3 is 5.97 Å². The van der Waals surface area contributed by atoms with Crippen LogP contribution < -0.4 is 4.74 Å². The minimum atomic E-state index is -0.215. The summed E-state index contributed by atoms with van der Waals surface area (Å²) in [5, 5.41) is 0. The van der Waals surface area contributed by atoms with Gasteiger partial charge in [0.2, 0.25) is 0 Å². The van der Waals surface area contributed by atoms with Gasteiger partial charge in [0.05, 0.1) is 20.1 Å². The Hall–Kier alpha value is -1.55. The van der Waals surface area contributed by atoms with Crippen molar-refractivity contribution in [1.82, 2.24) is 0 Å². The molecule has 0 amide bonds. The molecule has 0 heterocycles. The van der Waals surface area contributed by atoms with Crippen LogP contribution in [0, 0.1) is 0 Å². The van der Waals surface area contributed by atoms with Crippen molar-refractivity contribution in [1.29, 1.82) is 0 Å². The van der Waals surface area contributed by atoms with Crippen LogP contribution in [0.3, 0.4) is 0 Å². The minimum Gasteiger partial charge on any atom is -0.496 e. The molecule has 21 heavy (non-hydrogen) atoms. The van der Waals surface area contributed by atoms with Crippen molar-refractivity contribution < 1.29 is 19.0 Å². The van der Waals surface area contributed by atoms with Gasteiger partial charge in [-0.1, -0.05) is 18.6 Å². The molecule has 118 valence electrons. The van der Waals surface area contributed by atoms with Crippen LogP contribution >= 0.6 is 0 Å². The smallest absolute Gasteiger partial charge is 0.310 e. The zero-order valence-electron chi connectivity index (χ0n) is 13.3. The fraction of sp³-hybridized carbons (Fsp3) is 0.588. The largest absolute Gasteiger partial charge is 0.496 e. The number of aryl methyl sites for hydroxylation is 1. The predicted molar refractivity (Wildman–Crippen MR) is 82.8 cm³/mol. The van der Waals surface area contributed by atoms with Crippen LogP contribution in [0.1, 0.15) is 37.3 Å². The van der Waals surface area contributed by atoms with Crippen molar-refractivity contribution in [2.24, 2.45) is 0 Å². The average Bonchev–Trinajstić information content (AvgIpc) is 2.47. The van der Waals surface area contributed by atoms with E-state index < -0.39 is 0 Å². The predicted octanol–water partition coefficient (Wildman–Crippen LogP) is 3.16. The second-order valence-corrected chi connectivity index (χ2v) is 4.93. The molecule has 0 unspecified atom stereocenters. The van der Waals surface area contributed by atoms with Crippen LogP contribution in [-0.2, 0) is 27.1 Å². The number of esters is 1. The lowest BCUT2D eigenvalue weighted by molar-refractivity contribution is -0.142. The Morgan fingerprint density at radius 3 is 2.62 bits per heavy atom. The van der Waals surface area contributed by atoms with Crippen LogP contribution in [0.25, 0.3) is 0 Å². The Morgan fingerprint density at radius 2 is 1.95 bits per heavy atom. The summed E-state index contributed by atoms with van der Waals surface area (Å²) in [5.41, 5.74) is 2.12. The first kappa shape index (κ1) is 17.5. The zero-order chi connectivity index (χ0) is 15.5. The van der Waals surface area contributed by atoms with Crippen molar-refractivity contribution in [3.05, 3.63) is 29.3 Å². The molecule has 0 fully saturated rings. The van der Waals surface area contributed by atoms with E-state index in [2.05, 4.69) is 6.07 Å². The van der Waals surface area contributed by atoms with E-state index in [0.29, 0.717) is 6.61 Å². The van der Waals surface area contributed by atoms with Gasteiger partial charge in [-0.05, 0) is 37.8 Å². The van der Waals surface area contributed by atoms with E-state index in [9.17, 15) is 4.79 Å². The van der Waals surface area contributed by atoms with Gasteiger partial charge in [-0.25, -0.2) is 0 Å². The second kappa shape index (κ2) is 10.2. The van der Waals surface area contributed by atoms with Gasteiger partial charge in [0.25, 0.3) is 0 Å². The van der Waals surface area contributed by atoms with E-state index in [1.54, 1.807) is 14.2 Å². The van der Waals surface area contributed by atoms with Crippen LogP contribution in [0.4, 0.5) is 0 Å². The first-order valence-electron chi connectivity index (χ1n) is 7.51. The third-order valence-electron chi connectivity index (χ3n) is 3.30. The van der Waals surface area contributed by atoms with E-state index in [0.717, 1.165) is 43.6 Å². The zero-order valence-corrected chi connectivity index (χ0v) is 13.3. The normalized spacial score (nSPS) is 10.4. The Morgan fingerprint density at radius 1 is 1.14 bits per heavy atom. The number of hydrogen-bond acceptors (Lipinski definition) is 4. The molecule has 0 aliphatic rings. The quantitative estimate of drug-likeness (QED) is 0.491. The van der Waals surface area contributed by atoms with Gasteiger partial charge in [-0.2, -0.15) is 0 Å². The molecular formula is C17H26O4. The molecule has 0 aliphatic carbocycles. The summed E-state index contributed by atoms with van der Waals surface area (Å²) in [6.45, 7) is 3.03. The molecule has 4 heteroatoms. The van der Waals surface area contributed by atoms with Crippen molar-refractivity contribution in [3.63, 3.8) is 0 Å². The summed E-state index contributed by atoms with van der Waals surface area (Å²) in [5.74, 6) is 0.527. The molecular weight excluding hydrogens is 268 g/mol. The van der Waals surface area contributed by atoms with Crippen LogP contribution in [0.15, 0.2) is 18.2 Å². The number of carbonyl (C=O) groups is 1. The number of hydrogen-bond donors (Lipinski definition) is 0. The molecule has 0 saturated carbocycles. The van der Waals surface area contributed by atoms with E-state index in [1.165, 1.54) is 5.56 Å². The molecule has 0 radical (unpaired) electrons. The third-order valence-corrected chi connectivity index (χ3v) is 3.30. The molecule has 0 bridgehead atoms. The molecule has 0 aliphatic heterocycles. The van der Waals surface area contributed by atoms with Gasteiger partial charge < -0.3 is 14.2 Å². The van der Waals surface area contributed by atoms with Crippen molar-refractivity contribution in [3.8, 4) is 5.75 Å². The fourth-order valence-electron chi connectivity index (χ4n) is 2.25. The van der Waals surface area contributed by atoms with E-state index in [-0.39, 0.29) is 12.4 Å². The number of methoxy groups -OCH3 is 2. The number of carbonyl (C=O) groups excluding carboxylic acids is 1. The highest BCUT2D eigenvalue weighted by atomic mass is 16.5. The van der Waals surface area contributed by atoms with E-state index >= 15 is 0 Å². The molecule has 0 N–H and O–H groups in total. The molecule has 0 spiro atoms. The highest BCUT2D eigenvalue weighted by molar-refractivity contribution is 5.73. The van der Waals surface area contributed by atoms with Crippen LogP contribution in [0.2, 0.25) is 0 Å². The first-order valence-corrected chi connectivity index (χ1v) is 7.51. The van der Waals surface area contributed by atoms with Crippen molar-refractivity contribution in [2.45, 2.75) is 39.0 Å². The SMILES string of the molecule is CCOC(=O)Cc1cc(CCCCCOC)ccc1OC. The summed E-state index contributed by atoms with van der Waals surface area (Å²) in [6, 6.07) is 6.04.